The molecule has 3 atom stereocenters. The minimum absolute atomic E-state index is 0.219. The van der Waals surface area contributed by atoms with E-state index in [-0.39, 0.29) is 29.9 Å². The Morgan fingerprint density at radius 2 is 1.87 bits per heavy atom. The maximum atomic E-state index is 12.2. The third-order valence-electron chi connectivity index (χ3n) is 4.96. The first-order chi connectivity index (χ1) is 11.1. The lowest BCUT2D eigenvalue weighted by atomic mass is 9.96. The molecule has 0 spiro atoms. The van der Waals surface area contributed by atoms with Crippen molar-refractivity contribution >= 4 is 17.8 Å². The van der Waals surface area contributed by atoms with Gasteiger partial charge in [0.1, 0.15) is 12.1 Å². The van der Waals surface area contributed by atoms with Gasteiger partial charge < -0.3 is 26.0 Å². The van der Waals surface area contributed by atoms with Crippen LogP contribution in [0.5, 0.6) is 0 Å². The number of amides is 4. The van der Waals surface area contributed by atoms with Crippen LogP contribution in [0.2, 0.25) is 0 Å². The summed E-state index contributed by atoms with van der Waals surface area (Å²) in [5.41, 5.74) is 0. The number of aliphatic hydroxyl groups excluding tert-OH is 1. The molecule has 8 nitrogen and oxygen atoms in total. The molecule has 3 aliphatic rings. The minimum atomic E-state index is -0.867. The van der Waals surface area contributed by atoms with Crippen molar-refractivity contribution in [1.82, 2.24) is 20.9 Å². The maximum Gasteiger partial charge on any atom is 0.315 e. The fraction of sp³-hybridized carbons (Fsp3) is 0.800. The topological polar surface area (TPSA) is 111 Å². The fourth-order valence-electron chi connectivity index (χ4n) is 3.75. The molecule has 2 heterocycles. The van der Waals surface area contributed by atoms with Crippen molar-refractivity contribution in [3.63, 3.8) is 0 Å². The highest BCUT2D eigenvalue weighted by Gasteiger charge is 2.46. The van der Waals surface area contributed by atoms with Crippen LogP contribution in [-0.2, 0) is 9.59 Å². The number of hydrogen-bond donors (Lipinski definition) is 4. The molecule has 0 unspecified atom stereocenters. The number of nitrogens with one attached hydrogen (secondary N) is 3. The molecular formula is C15H24N4O4. The molecule has 0 aromatic carbocycles. The van der Waals surface area contributed by atoms with Crippen molar-refractivity contribution < 1.29 is 19.5 Å². The van der Waals surface area contributed by atoms with Crippen LogP contribution < -0.4 is 16.0 Å². The minimum Gasteiger partial charge on any atom is -0.394 e. The van der Waals surface area contributed by atoms with Crippen LogP contribution in [0, 0.1) is 0 Å². The summed E-state index contributed by atoms with van der Waals surface area (Å²) in [5.74, 6) is -0.547. The van der Waals surface area contributed by atoms with E-state index >= 15 is 0 Å². The second kappa shape index (κ2) is 6.74. The molecule has 1 saturated carbocycles. The summed E-state index contributed by atoms with van der Waals surface area (Å²) in [7, 11) is 0. The first kappa shape index (κ1) is 16.0. The van der Waals surface area contributed by atoms with E-state index in [1.807, 2.05) is 0 Å². The molecule has 23 heavy (non-hydrogen) atoms. The van der Waals surface area contributed by atoms with E-state index in [4.69, 9.17) is 5.11 Å². The summed E-state index contributed by atoms with van der Waals surface area (Å²) in [6, 6.07) is -1.67. The molecule has 0 bridgehead atoms. The van der Waals surface area contributed by atoms with Gasteiger partial charge in [0.2, 0.25) is 11.8 Å². The monoisotopic (exact) mass is 324 g/mol. The SMILES string of the molecule is O=C(NC1CCCCC1)N[C@H]1C[C@H]2C(=O)N[C@@H](CO)C(=O)N2C1. The molecular weight excluding hydrogens is 300 g/mol. The van der Waals surface area contributed by atoms with Crippen LogP contribution >= 0.6 is 0 Å². The molecule has 0 radical (unpaired) electrons. The number of piperazine rings is 1. The first-order valence-corrected chi connectivity index (χ1v) is 8.37. The molecule has 128 valence electrons. The summed E-state index contributed by atoms with van der Waals surface area (Å²) in [5, 5.41) is 17.5. The number of hydrogen-bond acceptors (Lipinski definition) is 4. The number of carbonyl (C=O) groups is 3. The van der Waals surface area contributed by atoms with Gasteiger partial charge >= 0.3 is 6.03 Å². The predicted molar refractivity (Wildman–Crippen MR) is 81.5 cm³/mol. The number of urea groups is 1. The third kappa shape index (κ3) is 3.41. The largest absolute Gasteiger partial charge is 0.394 e. The first-order valence-electron chi connectivity index (χ1n) is 8.37. The Morgan fingerprint density at radius 1 is 1.17 bits per heavy atom. The zero-order chi connectivity index (χ0) is 16.4. The van der Waals surface area contributed by atoms with E-state index in [0.717, 1.165) is 25.7 Å². The van der Waals surface area contributed by atoms with Crippen molar-refractivity contribution in [2.75, 3.05) is 13.2 Å². The summed E-state index contributed by atoms with van der Waals surface area (Å²) in [6.45, 7) is -0.0977. The van der Waals surface area contributed by atoms with E-state index in [2.05, 4.69) is 16.0 Å². The van der Waals surface area contributed by atoms with Crippen molar-refractivity contribution in [3.8, 4) is 0 Å². The average Bonchev–Trinajstić information content (AvgIpc) is 2.96. The second-order valence-electron chi connectivity index (χ2n) is 6.64. The van der Waals surface area contributed by atoms with Gasteiger partial charge in [-0.1, -0.05) is 19.3 Å². The number of nitrogens with zero attached hydrogens (tertiary/aromatic N) is 1. The van der Waals surface area contributed by atoms with Crippen molar-refractivity contribution in [1.29, 1.82) is 0 Å². The number of carbonyl (C=O) groups excluding carboxylic acids is 3. The Kier molecular flexibility index (Phi) is 4.70. The second-order valence-corrected chi connectivity index (χ2v) is 6.64. The molecule has 3 fully saturated rings. The molecule has 0 aromatic rings. The summed E-state index contributed by atoms with van der Waals surface area (Å²) in [4.78, 5) is 37.7. The van der Waals surface area contributed by atoms with Crippen molar-refractivity contribution in [2.45, 2.75) is 62.7 Å². The lowest BCUT2D eigenvalue weighted by molar-refractivity contribution is -0.148. The fourth-order valence-corrected chi connectivity index (χ4v) is 3.75. The Morgan fingerprint density at radius 3 is 2.57 bits per heavy atom. The number of fused-ring (bicyclic) bond motifs is 1. The Bertz CT molecular complexity index is 492. The lowest BCUT2D eigenvalue weighted by Gasteiger charge is -2.33. The van der Waals surface area contributed by atoms with E-state index in [0.29, 0.717) is 13.0 Å². The molecule has 2 saturated heterocycles. The zero-order valence-electron chi connectivity index (χ0n) is 13.1. The van der Waals surface area contributed by atoms with E-state index in [1.54, 1.807) is 0 Å². The molecule has 1 aliphatic carbocycles. The Hall–Kier alpha value is -1.83. The third-order valence-corrected chi connectivity index (χ3v) is 4.96. The van der Waals surface area contributed by atoms with Gasteiger partial charge in [-0.05, 0) is 19.3 Å². The normalized spacial score (nSPS) is 31.5. The summed E-state index contributed by atoms with van der Waals surface area (Å²) >= 11 is 0. The van der Waals surface area contributed by atoms with Crippen LogP contribution in [0.25, 0.3) is 0 Å². The smallest absolute Gasteiger partial charge is 0.315 e. The summed E-state index contributed by atoms with van der Waals surface area (Å²) in [6.07, 6.45) is 5.93. The van der Waals surface area contributed by atoms with Gasteiger partial charge in [-0.25, -0.2) is 4.79 Å². The zero-order valence-corrected chi connectivity index (χ0v) is 13.1. The van der Waals surface area contributed by atoms with Gasteiger partial charge in [0, 0.05) is 12.6 Å². The van der Waals surface area contributed by atoms with Crippen molar-refractivity contribution in [3.05, 3.63) is 0 Å². The van der Waals surface area contributed by atoms with E-state index in [1.165, 1.54) is 11.3 Å². The van der Waals surface area contributed by atoms with Crippen molar-refractivity contribution in [2.24, 2.45) is 0 Å². The summed E-state index contributed by atoms with van der Waals surface area (Å²) < 4.78 is 0. The van der Waals surface area contributed by atoms with Crippen LogP contribution in [0.15, 0.2) is 0 Å². The molecule has 3 rings (SSSR count). The van der Waals surface area contributed by atoms with Gasteiger partial charge in [0.05, 0.1) is 12.6 Å². The number of rotatable bonds is 3. The van der Waals surface area contributed by atoms with Gasteiger partial charge in [0.25, 0.3) is 0 Å². The van der Waals surface area contributed by atoms with E-state index < -0.39 is 18.7 Å². The Balaban J connectivity index is 1.53. The average molecular weight is 324 g/mol. The molecule has 0 aromatic heterocycles. The highest BCUT2D eigenvalue weighted by molar-refractivity contribution is 5.97. The van der Waals surface area contributed by atoms with Crippen LogP contribution in [0.4, 0.5) is 4.79 Å². The van der Waals surface area contributed by atoms with Gasteiger partial charge in [0.15, 0.2) is 0 Å². The predicted octanol–water partition coefficient (Wildman–Crippen LogP) is -0.921. The maximum absolute atomic E-state index is 12.2. The number of aliphatic hydroxyl groups is 1. The van der Waals surface area contributed by atoms with Crippen LogP contribution in [0.1, 0.15) is 38.5 Å². The van der Waals surface area contributed by atoms with Gasteiger partial charge in [-0.15, -0.1) is 0 Å². The van der Waals surface area contributed by atoms with Crippen LogP contribution in [-0.4, -0.2) is 65.2 Å². The molecule has 2 aliphatic heterocycles. The van der Waals surface area contributed by atoms with E-state index in [9.17, 15) is 14.4 Å². The highest BCUT2D eigenvalue weighted by atomic mass is 16.3. The lowest BCUT2D eigenvalue weighted by Crippen LogP contribution is -2.62. The molecule has 4 N–H and O–H groups in total. The molecule has 4 amide bonds. The van der Waals surface area contributed by atoms with Gasteiger partial charge in [-0.2, -0.15) is 0 Å². The molecule has 8 heteroatoms. The highest BCUT2D eigenvalue weighted by Crippen LogP contribution is 2.23. The van der Waals surface area contributed by atoms with Gasteiger partial charge in [-0.3, -0.25) is 9.59 Å². The van der Waals surface area contributed by atoms with Crippen LogP contribution in [0.3, 0.4) is 0 Å². The Labute approximate surface area is 135 Å². The quantitative estimate of drug-likeness (QED) is 0.538. The standard InChI is InChI=1S/C15H24N4O4/c20-8-11-14(22)19-7-10(6-12(19)13(21)18-11)17-15(23)16-9-4-2-1-3-5-9/h9-12,20H,1-8H2,(H,18,21)(H2,16,17,23)/t10-,11-,12-/m0/s1.